The van der Waals surface area contributed by atoms with Gasteiger partial charge in [0, 0.05) is 42.8 Å². The van der Waals surface area contributed by atoms with Crippen molar-refractivity contribution in [2.24, 2.45) is 5.92 Å². The third-order valence-corrected chi connectivity index (χ3v) is 6.00. The fraction of sp³-hybridized carbons (Fsp3) is 0.357. The zero-order valence-electron chi connectivity index (χ0n) is 21.8. The largest absolute Gasteiger partial charge is 0.444 e. The number of piperidine rings is 1. The molecule has 3 N–H and O–H groups in total. The van der Waals surface area contributed by atoms with E-state index >= 15 is 0 Å². The summed E-state index contributed by atoms with van der Waals surface area (Å²) in [6.45, 7) is 7.32. The molecule has 4 rings (SSSR count). The highest BCUT2D eigenvalue weighted by molar-refractivity contribution is 5.94. The lowest BCUT2D eigenvalue weighted by Crippen LogP contribution is -2.42. The molecule has 0 aliphatic carbocycles. The molecule has 2 amide bonds. The minimum Gasteiger partial charge on any atom is -0.444 e. The summed E-state index contributed by atoms with van der Waals surface area (Å²) < 4.78 is 18.4. The van der Waals surface area contributed by atoms with Crippen LogP contribution in [0.3, 0.4) is 0 Å². The highest BCUT2D eigenvalue weighted by Crippen LogP contribution is 2.21. The Morgan fingerprint density at radius 3 is 2.26 bits per heavy atom. The first kappa shape index (κ1) is 26.8. The molecule has 0 unspecified atom stereocenters. The van der Waals surface area contributed by atoms with Crippen LogP contribution in [0.15, 0.2) is 60.8 Å². The molecule has 1 aromatic heterocycles. The van der Waals surface area contributed by atoms with Crippen LogP contribution in [0.2, 0.25) is 0 Å². The number of nitrogens with zero attached hydrogens (tertiary/aromatic N) is 3. The van der Waals surface area contributed by atoms with E-state index in [1.54, 1.807) is 36.5 Å². The summed E-state index contributed by atoms with van der Waals surface area (Å²) in [4.78, 5) is 35.4. The molecule has 10 heteroatoms. The van der Waals surface area contributed by atoms with E-state index in [0.717, 1.165) is 18.5 Å². The Bertz CT molecular complexity index is 1240. The third kappa shape index (κ3) is 7.89. The number of carbonyl (C=O) groups is 2. The van der Waals surface area contributed by atoms with Crippen LogP contribution in [0.25, 0.3) is 0 Å². The molecular formula is C28H33FN6O3. The SMILES string of the molecule is CC(C)(C)OC(=O)NCC1CCN(C(=O)c2ccc(Nc3nccc(Nc4ccc(F)cc4)n3)cc2)CC1. The number of alkyl carbamates (subject to hydrolysis) is 1. The number of ether oxygens (including phenoxy) is 1. The number of nitrogens with one attached hydrogen (secondary N) is 3. The van der Waals surface area contributed by atoms with E-state index in [1.165, 1.54) is 12.1 Å². The minimum absolute atomic E-state index is 0.0168. The maximum absolute atomic E-state index is 13.1. The van der Waals surface area contributed by atoms with Gasteiger partial charge < -0.3 is 25.6 Å². The number of carbonyl (C=O) groups excluding carboxylic acids is 2. The quantitative estimate of drug-likeness (QED) is 0.379. The van der Waals surface area contributed by atoms with Crippen molar-refractivity contribution in [1.82, 2.24) is 20.2 Å². The van der Waals surface area contributed by atoms with E-state index in [0.29, 0.717) is 48.6 Å². The molecule has 1 aliphatic heterocycles. The topological polar surface area (TPSA) is 108 Å². The summed E-state index contributed by atoms with van der Waals surface area (Å²) in [6, 6.07) is 14.9. The van der Waals surface area contributed by atoms with Gasteiger partial charge in [0.15, 0.2) is 0 Å². The van der Waals surface area contributed by atoms with Gasteiger partial charge in [-0.3, -0.25) is 4.79 Å². The van der Waals surface area contributed by atoms with Crippen LogP contribution >= 0.6 is 0 Å². The molecule has 38 heavy (non-hydrogen) atoms. The van der Waals surface area contributed by atoms with E-state index in [2.05, 4.69) is 25.9 Å². The molecule has 0 atom stereocenters. The van der Waals surface area contributed by atoms with E-state index in [4.69, 9.17) is 4.74 Å². The predicted octanol–water partition coefficient (Wildman–Crippen LogP) is 5.48. The Kier molecular flexibility index (Phi) is 8.40. The first-order chi connectivity index (χ1) is 18.1. The van der Waals surface area contributed by atoms with Gasteiger partial charge in [-0.1, -0.05) is 0 Å². The molecule has 2 heterocycles. The molecular weight excluding hydrogens is 487 g/mol. The average Bonchev–Trinajstić information content (AvgIpc) is 2.88. The van der Waals surface area contributed by atoms with Crippen molar-refractivity contribution in [3.05, 3.63) is 72.2 Å². The zero-order valence-corrected chi connectivity index (χ0v) is 21.8. The van der Waals surface area contributed by atoms with Crippen molar-refractivity contribution in [3.8, 4) is 0 Å². The lowest BCUT2D eigenvalue weighted by atomic mass is 9.96. The number of anilines is 4. The van der Waals surface area contributed by atoms with Gasteiger partial charge in [-0.15, -0.1) is 0 Å². The fourth-order valence-corrected chi connectivity index (χ4v) is 4.06. The molecule has 1 saturated heterocycles. The Balaban J connectivity index is 1.26. The maximum atomic E-state index is 13.1. The van der Waals surface area contributed by atoms with Crippen molar-refractivity contribution in [2.45, 2.75) is 39.2 Å². The van der Waals surface area contributed by atoms with Gasteiger partial charge in [0.1, 0.15) is 17.2 Å². The van der Waals surface area contributed by atoms with Gasteiger partial charge in [-0.2, -0.15) is 4.98 Å². The third-order valence-electron chi connectivity index (χ3n) is 6.00. The summed E-state index contributed by atoms with van der Waals surface area (Å²) in [5.74, 6) is 0.937. The highest BCUT2D eigenvalue weighted by Gasteiger charge is 2.25. The number of amides is 2. The lowest BCUT2D eigenvalue weighted by Gasteiger charge is -2.32. The number of benzene rings is 2. The zero-order chi connectivity index (χ0) is 27.1. The van der Waals surface area contributed by atoms with Crippen molar-refractivity contribution < 1.29 is 18.7 Å². The van der Waals surface area contributed by atoms with E-state index in [9.17, 15) is 14.0 Å². The number of hydrogen-bond donors (Lipinski definition) is 3. The standard InChI is InChI=1S/C28H33FN6O3/c1-28(2,3)38-27(37)31-18-19-13-16-35(17-14-19)25(36)20-4-8-23(9-5-20)33-26-30-15-12-24(34-26)32-22-10-6-21(29)7-11-22/h4-12,15,19H,13-14,16-18H2,1-3H3,(H,31,37)(H2,30,32,33,34). The molecule has 3 aromatic rings. The summed E-state index contributed by atoms with van der Waals surface area (Å²) in [6.07, 6.45) is 2.85. The summed E-state index contributed by atoms with van der Waals surface area (Å²) in [5.41, 5.74) is 1.54. The van der Waals surface area contributed by atoms with Crippen LogP contribution in [0.5, 0.6) is 0 Å². The molecule has 1 aliphatic rings. The smallest absolute Gasteiger partial charge is 0.407 e. The molecule has 9 nitrogen and oxygen atoms in total. The van der Waals surface area contributed by atoms with Crippen LogP contribution in [-0.2, 0) is 4.74 Å². The second kappa shape index (κ2) is 11.9. The summed E-state index contributed by atoms with van der Waals surface area (Å²) in [5, 5.41) is 9.07. The van der Waals surface area contributed by atoms with Gasteiger partial charge >= 0.3 is 6.09 Å². The fourth-order valence-electron chi connectivity index (χ4n) is 4.06. The highest BCUT2D eigenvalue weighted by atomic mass is 19.1. The Hall–Kier alpha value is -4.21. The molecule has 0 saturated carbocycles. The number of aromatic nitrogens is 2. The summed E-state index contributed by atoms with van der Waals surface area (Å²) >= 11 is 0. The second-order valence-corrected chi connectivity index (χ2v) is 10.2. The minimum atomic E-state index is -0.523. The second-order valence-electron chi connectivity index (χ2n) is 10.2. The van der Waals surface area contributed by atoms with E-state index in [-0.39, 0.29) is 11.7 Å². The van der Waals surface area contributed by atoms with Crippen molar-refractivity contribution in [1.29, 1.82) is 0 Å². The molecule has 0 bridgehead atoms. The Labute approximate surface area is 221 Å². The van der Waals surface area contributed by atoms with Gasteiger partial charge in [0.25, 0.3) is 5.91 Å². The Morgan fingerprint density at radius 2 is 1.61 bits per heavy atom. The molecule has 1 fully saturated rings. The van der Waals surface area contributed by atoms with Crippen molar-refractivity contribution in [2.75, 3.05) is 30.3 Å². The number of likely N-dealkylation sites (tertiary alicyclic amines) is 1. The number of rotatable bonds is 7. The van der Waals surface area contributed by atoms with Crippen LogP contribution in [0, 0.1) is 11.7 Å². The van der Waals surface area contributed by atoms with E-state index in [1.807, 2.05) is 37.8 Å². The van der Waals surface area contributed by atoms with E-state index < -0.39 is 11.7 Å². The molecule has 2 aromatic carbocycles. The molecule has 0 spiro atoms. The van der Waals surface area contributed by atoms with Gasteiger partial charge in [0.2, 0.25) is 5.95 Å². The first-order valence-electron chi connectivity index (χ1n) is 12.6. The Morgan fingerprint density at radius 1 is 0.974 bits per heavy atom. The average molecular weight is 521 g/mol. The lowest BCUT2D eigenvalue weighted by molar-refractivity contribution is 0.0500. The van der Waals surface area contributed by atoms with Crippen molar-refractivity contribution in [3.63, 3.8) is 0 Å². The summed E-state index contributed by atoms with van der Waals surface area (Å²) in [7, 11) is 0. The monoisotopic (exact) mass is 520 g/mol. The predicted molar refractivity (Wildman–Crippen MR) is 144 cm³/mol. The normalized spacial score (nSPS) is 14.1. The molecule has 0 radical (unpaired) electrons. The molecule has 200 valence electrons. The van der Waals surface area contributed by atoms with Gasteiger partial charge in [-0.05, 0) is 94.1 Å². The van der Waals surface area contributed by atoms with Gasteiger partial charge in [0.05, 0.1) is 0 Å². The van der Waals surface area contributed by atoms with Gasteiger partial charge in [-0.25, -0.2) is 14.2 Å². The van der Waals surface area contributed by atoms with Crippen LogP contribution in [0.1, 0.15) is 44.0 Å². The number of hydrogen-bond acceptors (Lipinski definition) is 7. The number of halogens is 1. The van der Waals surface area contributed by atoms with Crippen LogP contribution in [-0.4, -0.2) is 52.1 Å². The maximum Gasteiger partial charge on any atom is 0.407 e. The first-order valence-corrected chi connectivity index (χ1v) is 12.6. The van der Waals surface area contributed by atoms with Crippen LogP contribution in [0.4, 0.5) is 32.3 Å². The van der Waals surface area contributed by atoms with Crippen LogP contribution < -0.4 is 16.0 Å². The van der Waals surface area contributed by atoms with Crippen molar-refractivity contribution >= 4 is 35.1 Å².